The van der Waals surface area contributed by atoms with Gasteiger partial charge in [0.2, 0.25) is 0 Å². The SMILES string of the molecule is CC=Cc1c(C)cc(C=O)c(C)c1-c1ccccc1C. The van der Waals surface area contributed by atoms with E-state index in [9.17, 15) is 4.79 Å². The van der Waals surface area contributed by atoms with Crippen molar-refractivity contribution in [3.05, 3.63) is 64.2 Å². The number of carbonyl (C=O) groups excluding carboxylic acids is 1. The van der Waals surface area contributed by atoms with Crippen LogP contribution >= 0.6 is 0 Å². The van der Waals surface area contributed by atoms with E-state index in [-0.39, 0.29) is 0 Å². The Morgan fingerprint density at radius 1 is 1.00 bits per heavy atom. The predicted octanol–water partition coefficient (Wildman–Crippen LogP) is 5.12. The monoisotopic (exact) mass is 264 g/mol. The van der Waals surface area contributed by atoms with E-state index >= 15 is 0 Å². The molecule has 0 radical (unpaired) electrons. The second-order valence-corrected chi connectivity index (χ2v) is 5.13. The lowest BCUT2D eigenvalue weighted by Crippen LogP contribution is -1.98. The molecule has 0 saturated heterocycles. The predicted molar refractivity (Wildman–Crippen MR) is 86.2 cm³/mol. The lowest BCUT2D eigenvalue weighted by molar-refractivity contribution is 0.112. The first-order valence-electron chi connectivity index (χ1n) is 6.88. The van der Waals surface area contributed by atoms with Gasteiger partial charge in [-0.15, -0.1) is 0 Å². The maximum Gasteiger partial charge on any atom is 0.150 e. The van der Waals surface area contributed by atoms with Crippen LogP contribution < -0.4 is 0 Å². The van der Waals surface area contributed by atoms with Gasteiger partial charge < -0.3 is 0 Å². The molecule has 0 atom stereocenters. The first-order chi connectivity index (χ1) is 9.60. The van der Waals surface area contributed by atoms with Crippen LogP contribution in [0.5, 0.6) is 0 Å². The molecule has 0 unspecified atom stereocenters. The molecular formula is C19H20O. The Morgan fingerprint density at radius 2 is 1.70 bits per heavy atom. The molecule has 0 N–H and O–H groups in total. The minimum Gasteiger partial charge on any atom is -0.298 e. The standard InChI is InChI=1S/C19H20O/c1-5-8-17-14(3)11-16(12-20)15(4)19(17)18-10-7-6-9-13(18)2/h5-12H,1-4H3. The molecule has 0 spiro atoms. The van der Waals surface area contributed by atoms with Crippen LogP contribution in [0.2, 0.25) is 0 Å². The molecule has 0 saturated carbocycles. The molecule has 20 heavy (non-hydrogen) atoms. The van der Waals surface area contributed by atoms with Crippen molar-refractivity contribution < 1.29 is 4.79 Å². The molecule has 0 aliphatic rings. The fourth-order valence-electron chi connectivity index (χ4n) is 2.67. The Kier molecular flexibility index (Phi) is 4.19. The van der Waals surface area contributed by atoms with Crippen LogP contribution in [-0.2, 0) is 0 Å². The van der Waals surface area contributed by atoms with Crippen LogP contribution in [0, 0.1) is 20.8 Å². The van der Waals surface area contributed by atoms with Crippen LogP contribution in [0.3, 0.4) is 0 Å². The molecule has 0 bridgehead atoms. The maximum absolute atomic E-state index is 11.3. The number of aldehydes is 1. The van der Waals surface area contributed by atoms with E-state index in [2.05, 4.69) is 32.1 Å². The van der Waals surface area contributed by atoms with Crippen molar-refractivity contribution in [3.63, 3.8) is 0 Å². The average molecular weight is 264 g/mol. The van der Waals surface area contributed by atoms with Crippen LogP contribution in [0.4, 0.5) is 0 Å². The fourth-order valence-corrected chi connectivity index (χ4v) is 2.67. The minimum absolute atomic E-state index is 0.772. The number of hydrogen-bond donors (Lipinski definition) is 0. The molecule has 102 valence electrons. The van der Waals surface area contributed by atoms with E-state index in [1.807, 2.05) is 38.1 Å². The van der Waals surface area contributed by atoms with Gasteiger partial charge in [-0.1, -0.05) is 36.4 Å². The number of aryl methyl sites for hydroxylation is 2. The van der Waals surface area contributed by atoms with Gasteiger partial charge in [0.15, 0.2) is 0 Å². The van der Waals surface area contributed by atoms with Crippen LogP contribution in [0.25, 0.3) is 17.2 Å². The van der Waals surface area contributed by atoms with Gasteiger partial charge in [0.25, 0.3) is 0 Å². The summed E-state index contributed by atoms with van der Waals surface area (Å²) >= 11 is 0. The van der Waals surface area contributed by atoms with Crippen LogP contribution in [-0.4, -0.2) is 6.29 Å². The van der Waals surface area contributed by atoms with E-state index in [0.29, 0.717) is 0 Å². The fraction of sp³-hybridized carbons (Fsp3) is 0.211. The van der Waals surface area contributed by atoms with Crippen LogP contribution in [0.1, 0.15) is 39.5 Å². The van der Waals surface area contributed by atoms with Crippen molar-refractivity contribution in [2.45, 2.75) is 27.7 Å². The first kappa shape index (κ1) is 14.3. The third-order valence-corrected chi connectivity index (χ3v) is 3.75. The summed E-state index contributed by atoms with van der Waals surface area (Å²) in [7, 11) is 0. The largest absolute Gasteiger partial charge is 0.298 e. The summed E-state index contributed by atoms with van der Waals surface area (Å²) < 4.78 is 0. The zero-order valence-electron chi connectivity index (χ0n) is 12.5. The van der Waals surface area contributed by atoms with E-state index in [0.717, 1.165) is 23.0 Å². The molecule has 2 rings (SSSR count). The highest BCUT2D eigenvalue weighted by Gasteiger charge is 2.14. The molecule has 0 aliphatic carbocycles. The van der Waals surface area contributed by atoms with Crippen molar-refractivity contribution in [2.24, 2.45) is 0 Å². The molecule has 2 aromatic rings. The van der Waals surface area contributed by atoms with Gasteiger partial charge in [-0.25, -0.2) is 0 Å². The maximum atomic E-state index is 11.3. The highest BCUT2D eigenvalue weighted by atomic mass is 16.1. The van der Waals surface area contributed by atoms with Crippen molar-refractivity contribution in [1.29, 1.82) is 0 Å². The molecule has 0 fully saturated rings. The molecule has 2 aromatic carbocycles. The lowest BCUT2D eigenvalue weighted by Gasteiger charge is -2.17. The number of hydrogen-bond acceptors (Lipinski definition) is 1. The quantitative estimate of drug-likeness (QED) is 0.703. The summed E-state index contributed by atoms with van der Waals surface area (Å²) in [6.07, 6.45) is 5.12. The Bertz CT molecular complexity index is 678. The molecule has 0 amide bonds. The highest BCUT2D eigenvalue weighted by Crippen LogP contribution is 2.34. The average Bonchev–Trinajstić information content (AvgIpc) is 2.44. The van der Waals surface area contributed by atoms with Crippen molar-refractivity contribution >= 4 is 12.4 Å². The summed E-state index contributed by atoms with van der Waals surface area (Å²) in [5, 5.41) is 0. The van der Waals surface area contributed by atoms with Crippen molar-refractivity contribution in [2.75, 3.05) is 0 Å². The smallest absolute Gasteiger partial charge is 0.150 e. The zero-order chi connectivity index (χ0) is 14.7. The summed E-state index contributed by atoms with van der Waals surface area (Å²) in [6.45, 7) is 8.21. The molecule has 0 heterocycles. The second-order valence-electron chi connectivity index (χ2n) is 5.13. The lowest BCUT2D eigenvalue weighted by atomic mass is 9.87. The topological polar surface area (TPSA) is 17.1 Å². The van der Waals surface area contributed by atoms with Gasteiger partial charge in [0.1, 0.15) is 6.29 Å². The Hall–Kier alpha value is -2.15. The minimum atomic E-state index is 0.772. The zero-order valence-corrected chi connectivity index (χ0v) is 12.5. The van der Waals surface area contributed by atoms with E-state index in [1.54, 1.807) is 0 Å². The molecule has 0 aliphatic heterocycles. The van der Waals surface area contributed by atoms with Crippen molar-refractivity contribution in [3.8, 4) is 11.1 Å². The Balaban J connectivity index is 2.88. The number of benzene rings is 2. The number of carbonyl (C=O) groups is 1. The van der Waals surface area contributed by atoms with Crippen molar-refractivity contribution in [1.82, 2.24) is 0 Å². The van der Waals surface area contributed by atoms with E-state index < -0.39 is 0 Å². The number of allylic oxidation sites excluding steroid dienone is 1. The Labute approximate surface area is 121 Å². The van der Waals surface area contributed by atoms with Gasteiger partial charge in [0, 0.05) is 5.56 Å². The van der Waals surface area contributed by atoms with Gasteiger partial charge in [-0.05, 0) is 67.1 Å². The molecule has 1 nitrogen and oxygen atoms in total. The summed E-state index contributed by atoms with van der Waals surface area (Å²) in [5.41, 5.74) is 7.75. The van der Waals surface area contributed by atoms with E-state index in [1.165, 1.54) is 22.3 Å². The number of rotatable bonds is 3. The summed E-state index contributed by atoms with van der Waals surface area (Å²) in [5.74, 6) is 0. The summed E-state index contributed by atoms with van der Waals surface area (Å²) in [4.78, 5) is 11.3. The van der Waals surface area contributed by atoms with Gasteiger partial charge in [-0.3, -0.25) is 4.79 Å². The molecular weight excluding hydrogens is 244 g/mol. The third-order valence-electron chi connectivity index (χ3n) is 3.75. The second kappa shape index (κ2) is 5.87. The molecule has 0 aromatic heterocycles. The van der Waals surface area contributed by atoms with E-state index in [4.69, 9.17) is 0 Å². The van der Waals surface area contributed by atoms with Gasteiger partial charge >= 0.3 is 0 Å². The normalized spacial score (nSPS) is 11.0. The molecule has 1 heteroatoms. The Morgan fingerprint density at radius 3 is 2.30 bits per heavy atom. The summed E-state index contributed by atoms with van der Waals surface area (Å²) in [6, 6.07) is 10.3. The van der Waals surface area contributed by atoms with Gasteiger partial charge in [0.05, 0.1) is 0 Å². The highest BCUT2D eigenvalue weighted by molar-refractivity contribution is 5.89. The third kappa shape index (κ3) is 2.44. The van der Waals surface area contributed by atoms with Gasteiger partial charge in [-0.2, -0.15) is 0 Å². The van der Waals surface area contributed by atoms with Crippen LogP contribution in [0.15, 0.2) is 36.4 Å². The first-order valence-corrected chi connectivity index (χ1v) is 6.88.